The van der Waals surface area contributed by atoms with E-state index in [0.717, 1.165) is 5.56 Å². The Kier molecular flexibility index (Phi) is 4.62. The lowest BCUT2D eigenvalue weighted by Crippen LogP contribution is -2.44. The Hall–Kier alpha value is -0.280. The number of aliphatic hydroxyl groups is 1. The Labute approximate surface area is 106 Å². The monoisotopic (exact) mass is 261 g/mol. The predicted molar refractivity (Wildman–Crippen MR) is 69.0 cm³/mol. The molecule has 0 aromatic heterocycles. The molecule has 0 spiro atoms. The van der Waals surface area contributed by atoms with Gasteiger partial charge in [0, 0.05) is 13.0 Å². The van der Waals surface area contributed by atoms with Gasteiger partial charge in [0.05, 0.1) is 15.6 Å². The summed E-state index contributed by atoms with van der Waals surface area (Å²) in [6, 6.07) is 5.36. The first-order valence-electron chi connectivity index (χ1n) is 5.25. The topological polar surface area (TPSA) is 46.2 Å². The molecular formula is C12H17Cl2NO. The molecule has 0 aliphatic rings. The van der Waals surface area contributed by atoms with E-state index in [9.17, 15) is 5.11 Å². The summed E-state index contributed by atoms with van der Waals surface area (Å²) in [7, 11) is 0. The van der Waals surface area contributed by atoms with Crippen LogP contribution in [0.15, 0.2) is 18.2 Å². The van der Waals surface area contributed by atoms with Crippen molar-refractivity contribution in [3.8, 4) is 0 Å². The molecule has 1 rings (SSSR count). The fraction of sp³-hybridized carbons (Fsp3) is 0.500. The number of rotatable bonds is 4. The second kappa shape index (κ2) is 5.37. The lowest BCUT2D eigenvalue weighted by molar-refractivity contribution is 0.00408. The first kappa shape index (κ1) is 13.8. The van der Waals surface area contributed by atoms with Crippen molar-refractivity contribution >= 4 is 23.2 Å². The van der Waals surface area contributed by atoms with Crippen molar-refractivity contribution < 1.29 is 5.11 Å². The zero-order valence-corrected chi connectivity index (χ0v) is 11.0. The van der Waals surface area contributed by atoms with Crippen LogP contribution in [-0.2, 0) is 6.42 Å². The largest absolute Gasteiger partial charge is 0.388 e. The van der Waals surface area contributed by atoms with Crippen LogP contribution >= 0.6 is 23.2 Å². The van der Waals surface area contributed by atoms with Crippen LogP contribution in [0.5, 0.6) is 0 Å². The van der Waals surface area contributed by atoms with E-state index in [-0.39, 0.29) is 12.5 Å². The van der Waals surface area contributed by atoms with Crippen molar-refractivity contribution in [2.75, 3.05) is 6.54 Å². The molecule has 0 saturated heterocycles. The number of nitrogens with two attached hydrogens (primary N) is 1. The van der Waals surface area contributed by atoms with Gasteiger partial charge in [0.25, 0.3) is 0 Å². The summed E-state index contributed by atoms with van der Waals surface area (Å²) in [5.41, 5.74) is 5.66. The maximum Gasteiger partial charge on any atom is 0.0832 e. The van der Waals surface area contributed by atoms with E-state index >= 15 is 0 Å². The van der Waals surface area contributed by atoms with Gasteiger partial charge < -0.3 is 10.8 Å². The van der Waals surface area contributed by atoms with Gasteiger partial charge in [0.1, 0.15) is 0 Å². The van der Waals surface area contributed by atoms with Gasteiger partial charge in [0.2, 0.25) is 0 Å². The molecule has 0 radical (unpaired) electrons. The normalized spacial score (nSPS) is 15.2. The number of hydrogen-bond donors (Lipinski definition) is 2. The van der Waals surface area contributed by atoms with Gasteiger partial charge in [-0.05, 0) is 23.6 Å². The van der Waals surface area contributed by atoms with Crippen molar-refractivity contribution in [2.45, 2.75) is 25.9 Å². The van der Waals surface area contributed by atoms with Crippen LogP contribution in [0.3, 0.4) is 0 Å². The second-order valence-corrected chi connectivity index (χ2v) is 5.20. The average Bonchev–Trinajstić information content (AvgIpc) is 2.23. The molecule has 2 nitrogen and oxygen atoms in total. The molecule has 0 bridgehead atoms. The van der Waals surface area contributed by atoms with E-state index in [2.05, 4.69) is 0 Å². The molecule has 0 saturated carbocycles. The zero-order valence-electron chi connectivity index (χ0n) is 9.50. The van der Waals surface area contributed by atoms with Crippen molar-refractivity contribution in [2.24, 2.45) is 11.7 Å². The minimum absolute atomic E-state index is 0.0898. The molecule has 0 aliphatic heterocycles. The lowest BCUT2D eigenvalue weighted by atomic mass is 9.84. The van der Waals surface area contributed by atoms with E-state index in [1.54, 1.807) is 12.1 Å². The summed E-state index contributed by atoms with van der Waals surface area (Å²) >= 11 is 11.7. The quantitative estimate of drug-likeness (QED) is 0.876. The molecule has 90 valence electrons. The van der Waals surface area contributed by atoms with Crippen molar-refractivity contribution in [1.29, 1.82) is 0 Å². The van der Waals surface area contributed by atoms with Gasteiger partial charge in [-0.3, -0.25) is 0 Å². The highest BCUT2D eigenvalue weighted by Crippen LogP contribution is 2.26. The van der Waals surface area contributed by atoms with Crippen molar-refractivity contribution in [3.05, 3.63) is 33.8 Å². The minimum atomic E-state index is -0.892. The standard InChI is InChI=1S/C12H17Cl2NO/c1-8(2)12(16,7-15)6-9-3-4-10(13)11(14)5-9/h3-5,8,16H,6-7,15H2,1-2H3. The van der Waals surface area contributed by atoms with Gasteiger partial charge in [0.15, 0.2) is 0 Å². The third-order valence-electron chi connectivity index (χ3n) is 2.92. The fourth-order valence-electron chi connectivity index (χ4n) is 1.52. The predicted octanol–water partition coefficient (Wildman–Crippen LogP) is 2.88. The fourth-order valence-corrected chi connectivity index (χ4v) is 1.84. The van der Waals surface area contributed by atoms with Gasteiger partial charge in [-0.2, -0.15) is 0 Å². The zero-order chi connectivity index (χ0) is 12.3. The van der Waals surface area contributed by atoms with Crippen molar-refractivity contribution in [1.82, 2.24) is 0 Å². The third kappa shape index (κ3) is 3.11. The van der Waals surface area contributed by atoms with Crippen LogP contribution in [0.1, 0.15) is 19.4 Å². The highest BCUT2D eigenvalue weighted by Gasteiger charge is 2.29. The summed E-state index contributed by atoms with van der Waals surface area (Å²) < 4.78 is 0. The van der Waals surface area contributed by atoms with Gasteiger partial charge in [-0.25, -0.2) is 0 Å². The van der Waals surface area contributed by atoms with E-state index in [4.69, 9.17) is 28.9 Å². The van der Waals surface area contributed by atoms with Crippen LogP contribution in [0.25, 0.3) is 0 Å². The highest BCUT2D eigenvalue weighted by atomic mass is 35.5. The number of halogens is 2. The summed E-state index contributed by atoms with van der Waals surface area (Å²) in [5.74, 6) is 0.0898. The average molecular weight is 262 g/mol. The van der Waals surface area contributed by atoms with Crippen LogP contribution in [0, 0.1) is 5.92 Å². The van der Waals surface area contributed by atoms with Crippen LogP contribution in [-0.4, -0.2) is 17.3 Å². The summed E-state index contributed by atoms with van der Waals surface area (Å²) in [6.07, 6.45) is 0.484. The first-order chi connectivity index (χ1) is 7.39. The van der Waals surface area contributed by atoms with Crippen LogP contribution < -0.4 is 5.73 Å². The third-order valence-corrected chi connectivity index (χ3v) is 3.66. The molecule has 1 atom stereocenters. The Morgan fingerprint density at radius 1 is 1.31 bits per heavy atom. The molecule has 1 aromatic carbocycles. The van der Waals surface area contributed by atoms with Crippen molar-refractivity contribution in [3.63, 3.8) is 0 Å². The molecule has 16 heavy (non-hydrogen) atoms. The summed E-state index contributed by atoms with van der Waals surface area (Å²) in [4.78, 5) is 0. The molecular weight excluding hydrogens is 245 g/mol. The molecule has 1 aromatic rings. The molecule has 0 fully saturated rings. The van der Waals surface area contributed by atoms with E-state index in [1.165, 1.54) is 0 Å². The van der Waals surface area contributed by atoms with Crippen LogP contribution in [0.2, 0.25) is 10.0 Å². The van der Waals surface area contributed by atoms with E-state index in [0.29, 0.717) is 16.5 Å². The smallest absolute Gasteiger partial charge is 0.0832 e. The van der Waals surface area contributed by atoms with E-state index in [1.807, 2.05) is 19.9 Å². The SMILES string of the molecule is CC(C)C(O)(CN)Cc1ccc(Cl)c(Cl)c1. The lowest BCUT2D eigenvalue weighted by Gasteiger charge is -2.31. The minimum Gasteiger partial charge on any atom is -0.388 e. The Bertz CT molecular complexity index is 368. The molecule has 0 heterocycles. The molecule has 0 aliphatic carbocycles. The molecule has 3 N–H and O–H groups in total. The van der Waals surface area contributed by atoms with Gasteiger partial charge >= 0.3 is 0 Å². The van der Waals surface area contributed by atoms with Gasteiger partial charge in [-0.1, -0.05) is 43.1 Å². The molecule has 4 heteroatoms. The summed E-state index contributed by atoms with van der Waals surface area (Å²) in [6.45, 7) is 4.12. The maximum absolute atomic E-state index is 10.3. The summed E-state index contributed by atoms with van der Waals surface area (Å²) in [5, 5.41) is 11.3. The number of hydrogen-bond acceptors (Lipinski definition) is 2. The van der Waals surface area contributed by atoms with Gasteiger partial charge in [-0.15, -0.1) is 0 Å². The highest BCUT2D eigenvalue weighted by molar-refractivity contribution is 6.42. The Morgan fingerprint density at radius 3 is 2.38 bits per heavy atom. The maximum atomic E-state index is 10.3. The Balaban J connectivity index is 2.90. The Morgan fingerprint density at radius 2 is 1.94 bits per heavy atom. The number of benzene rings is 1. The second-order valence-electron chi connectivity index (χ2n) is 4.39. The van der Waals surface area contributed by atoms with E-state index < -0.39 is 5.60 Å². The first-order valence-corrected chi connectivity index (χ1v) is 6.01. The van der Waals surface area contributed by atoms with Crippen LogP contribution in [0.4, 0.5) is 0 Å². The molecule has 0 amide bonds. The molecule has 1 unspecified atom stereocenters.